The van der Waals surface area contributed by atoms with Crippen molar-refractivity contribution in [1.29, 1.82) is 0 Å². The summed E-state index contributed by atoms with van der Waals surface area (Å²) >= 11 is 1.49. The summed E-state index contributed by atoms with van der Waals surface area (Å²) in [4.78, 5) is 16.0. The molecule has 4 nitrogen and oxygen atoms in total. The number of ether oxygens (including phenoxy) is 2. The quantitative estimate of drug-likeness (QED) is 0.352. The Balaban J connectivity index is 1.47. The molecule has 0 bridgehead atoms. The number of rotatable bonds is 9. The first kappa shape index (κ1) is 23.3. The van der Waals surface area contributed by atoms with Gasteiger partial charge in [0.25, 0.3) is 5.91 Å². The average molecular weight is 468 g/mol. The predicted molar refractivity (Wildman–Crippen MR) is 129 cm³/mol. The maximum absolute atomic E-state index is 13.2. The van der Waals surface area contributed by atoms with Crippen LogP contribution in [0.3, 0.4) is 0 Å². The molecule has 2 aromatic carbocycles. The molecule has 3 aromatic rings. The van der Waals surface area contributed by atoms with E-state index in [4.69, 9.17) is 9.47 Å². The topological polar surface area (TPSA) is 38.8 Å². The van der Waals surface area contributed by atoms with E-state index in [1.54, 1.807) is 19.2 Å². The molecule has 0 saturated heterocycles. The summed E-state index contributed by atoms with van der Waals surface area (Å²) in [5, 5.41) is 1.95. The second-order valence-corrected chi connectivity index (χ2v) is 9.52. The normalized spacial score (nSPS) is 14.1. The third-order valence-corrected chi connectivity index (χ3v) is 6.99. The minimum atomic E-state index is -0.268. The molecule has 1 aliphatic carbocycles. The number of amides is 1. The molecule has 4 rings (SSSR count). The van der Waals surface area contributed by atoms with Gasteiger partial charge in [0.15, 0.2) is 11.5 Å². The summed E-state index contributed by atoms with van der Waals surface area (Å²) in [6.07, 6.45) is 6.17. The Morgan fingerprint density at radius 2 is 1.79 bits per heavy atom. The summed E-state index contributed by atoms with van der Waals surface area (Å²) in [5.41, 5.74) is 1.88. The van der Waals surface area contributed by atoms with Gasteiger partial charge < -0.3 is 14.4 Å². The van der Waals surface area contributed by atoms with Crippen LogP contribution in [0.1, 0.15) is 52.9 Å². The molecule has 1 fully saturated rings. The van der Waals surface area contributed by atoms with Gasteiger partial charge in [-0.1, -0.05) is 43.5 Å². The van der Waals surface area contributed by atoms with Crippen LogP contribution in [0.5, 0.6) is 11.5 Å². The molecule has 1 amide bonds. The molecule has 1 heterocycles. The van der Waals surface area contributed by atoms with Crippen molar-refractivity contribution in [1.82, 2.24) is 4.90 Å². The molecule has 33 heavy (non-hydrogen) atoms. The zero-order valence-corrected chi connectivity index (χ0v) is 19.8. The Morgan fingerprint density at radius 3 is 2.48 bits per heavy atom. The van der Waals surface area contributed by atoms with E-state index in [9.17, 15) is 9.18 Å². The Kier molecular flexibility index (Phi) is 8.00. The molecule has 1 aromatic heterocycles. The molecule has 0 spiro atoms. The maximum Gasteiger partial charge on any atom is 0.264 e. The number of carbonyl (C=O) groups is 1. The zero-order valence-electron chi connectivity index (χ0n) is 19.0. The Morgan fingerprint density at radius 1 is 1.03 bits per heavy atom. The largest absolute Gasteiger partial charge is 0.493 e. The first-order chi connectivity index (χ1) is 16.1. The lowest BCUT2D eigenvalue weighted by molar-refractivity contribution is 0.0704. The van der Waals surface area contributed by atoms with E-state index in [0.29, 0.717) is 30.6 Å². The van der Waals surface area contributed by atoms with Gasteiger partial charge in [0.2, 0.25) is 0 Å². The Labute approximate surface area is 199 Å². The molecule has 0 N–H and O–H groups in total. The number of hydrogen-bond donors (Lipinski definition) is 0. The number of thiophene rings is 1. The maximum atomic E-state index is 13.2. The van der Waals surface area contributed by atoms with Crippen LogP contribution in [0.4, 0.5) is 4.39 Å². The Hall–Kier alpha value is -2.86. The summed E-state index contributed by atoms with van der Waals surface area (Å²) in [6, 6.07) is 15.9. The second kappa shape index (κ2) is 11.3. The van der Waals surface area contributed by atoms with Gasteiger partial charge in [-0.25, -0.2) is 4.39 Å². The van der Waals surface area contributed by atoms with Crippen LogP contribution in [0, 0.1) is 11.7 Å². The van der Waals surface area contributed by atoms with Crippen LogP contribution in [0.2, 0.25) is 0 Å². The summed E-state index contributed by atoms with van der Waals surface area (Å²) in [7, 11) is 1.61. The fourth-order valence-corrected chi connectivity index (χ4v) is 5.04. The fourth-order valence-electron chi connectivity index (χ4n) is 4.35. The van der Waals surface area contributed by atoms with Crippen LogP contribution >= 0.6 is 11.3 Å². The van der Waals surface area contributed by atoms with Gasteiger partial charge in [-0.15, -0.1) is 11.3 Å². The van der Waals surface area contributed by atoms with Crippen molar-refractivity contribution >= 4 is 17.2 Å². The van der Waals surface area contributed by atoms with Crippen molar-refractivity contribution in [2.24, 2.45) is 5.92 Å². The van der Waals surface area contributed by atoms with Crippen molar-refractivity contribution in [3.05, 3.63) is 81.8 Å². The van der Waals surface area contributed by atoms with Gasteiger partial charge in [-0.2, -0.15) is 0 Å². The van der Waals surface area contributed by atoms with Crippen molar-refractivity contribution in [2.45, 2.75) is 45.3 Å². The highest BCUT2D eigenvalue weighted by atomic mass is 32.1. The predicted octanol–water partition coefficient (Wildman–Crippen LogP) is 6.70. The van der Waals surface area contributed by atoms with E-state index >= 15 is 0 Å². The highest BCUT2D eigenvalue weighted by Crippen LogP contribution is 2.31. The number of benzene rings is 2. The third-order valence-electron chi connectivity index (χ3n) is 6.13. The molecule has 174 valence electrons. The highest BCUT2D eigenvalue weighted by molar-refractivity contribution is 7.12. The first-order valence-electron chi connectivity index (χ1n) is 11.5. The van der Waals surface area contributed by atoms with Crippen molar-refractivity contribution in [3.8, 4) is 11.5 Å². The minimum Gasteiger partial charge on any atom is -0.493 e. The number of halogens is 1. The molecule has 0 unspecified atom stereocenters. The number of carbonyl (C=O) groups excluding carboxylic acids is 1. The van der Waals surface area contributed by atoms with E-state index in [0.717, 1.165) is 22.5 Å². The van der Waals surface area contributed by atoms with Crippen molar-refractivity contribution in [2.75, 3.05) is 13.7 Å². The Bertz CT molecular complexity index is 1030. The van der Waals surface area contributed by atoms with Crippen LogP contribution in [-0.4, -0.2) is 24.5 Å². The van der Waals surface area contributed by atoms with Gasteiger partial charge in [-0.3, -0.25) is 4.79 Å². The van der Waals surface area contributed by atoms with Gasteiger partial charge in [0, 0.05) is 13.1 Å². The van der Waals surface area contributed by atoms with Gasteiger partial charge >= 0.3 is 0 Å². The molecule has 1 saturated carbocycles. The summed E-state index contributed by atoms with van der Waals surface area (Å²) in [5.74, 6) is 1.62. The zero-order chi connectivity index (χ0) is 23.0. The van der Waals surface area contributed by atoms with Gasteiger partial charge in [-0.05, 0) is 65.6 Å². The van der Waals surface area contributed by atoms with Crippen LogP contribution in [0.25, 0.3) is 0 Å². The summed E-state index contributed by atoms with van der Waals surface area (Å²) in [6.45, 7) is 1.63. The lowest BCUT2D eigenvalue weighted by atomic mass is 9.89. The van der Waals surface area contributed by atoms with Crippen molar-refractivity contribution in [3.63, 3.8) is 0 Å². The monoisotopic (exact) mass is 467 g/mol. The number of hydrogen-bond acceptors (Lipinski definition) is 4. The second-order valence-electron chi connectivity index (χ2n) is 8.57. The van der Waals surface area contributed by atoms with E-state index < -0.39 is 0 Å². The molecule has 0 atom stereocenters. The van der Waals surface area contributed by atoms with Crippen molar-refractivity contribution < 1.29 is 18.7 Å². The molecule has 6 heteroatoms. The number of nitrogens with zero attached hydrogens (tertiary/aromatic N) is 1. The standard InChI is InChI=1S/C27H30FNO3S/c1-31-25-16-22(11-14-24(25)32-19-21-9-12-23(28)13-10-21)18-29(17-20-6-3-2-4-7-20)27(30)26-8-5-15-33-26/h5,8-16,20H,2-4,6-7,17-19H2,1H3. The van der Waals surface area contributed by atoms with Gasteiger partial charge in [0.05, 0.1) is 12.0 Å². The number of methoxy groups -OCH3 is 1. The average Bonchev–Trinajstić information content (AvgIpc) is 3.39. The minimum absolute atomic E-state index is 0.0891. The molecular formula is C27H30FNO3S. The third kappa shape index (κ3) is 6.35. The smallest absolute Gasteiger partial charge is 0.264 e. The molecule has 1 aliphatic rings. The lowest BCUT2D eigenvalue weighted by Crippen LogP contribution is -2.35. The van der Waals surface area contributed by atoms with E-state index in [-0.39, 0.29) is 11.7 Å². The van der Waals surface area contributed by atoms with Crippen LogP contribution < -0.4 is 9.47 Å². The fraction of sp³-hybridized carbons (Fsp3) is 0.370. The summed E-state index contributed by atoms with van der Waals surface area (Å²) < 4.78 is 24.6. The molecular weight excluding hydrogens is 437 g/mol. The lowest BCUT2D eigenvalue weighted by Gasteiger charge is -2.30. The van der Waals surface area contributed by atoms with E-state index in [2.05, 4.69) is 0 Å². The highest BCUT2D eigenvalue weighted by Gasteiger charge is 2.23. The van der Waals surface area contributed by atoms with Crippen LogP contribution in [-0.2, 0) is 13.2 Å². The van der Waals surface area contributed by atoms with E-state index in [1.807, 2.05) is 40.6 Å². The van der Waals surface area contributed by atoms with E-state index in [1.165, 1.54) is 55.6 Å². The SMILES string of the molecule is COc1cc(CN(CC2CCCCC2)C(=O)c2cccs2)ccc1OCc1ccc(F)cc1. The van der Waals surface area contributed by atoms with Crippen LogP contribution in [0.15, 0.2) is 60.0 Å². The van der Waals surface area contributed by atoms with Gasteiger partial charge in [0.1, 0.15) is 12.4 Å². The first-order valence-corrected chi connectivity index (χ1v) is 12.4. The molecule has 0 radical (unpaired) electrons. The molecule has 0 aliphatic heterocycles.